The van der Waals surface area contributed by atoms with Gasteiger partial charge >= 0.3 is 0 Å². The molecule has 0 bridgehead atoms. The van der Waals surface area contributed by atoms with Gasteiger partial charge in [0, 0.05) is 37.9 Å². The van der Waals surface area contributed by atoms with Crippen LogP contribution in [0.3, 0.4) is 0 Å². The van der Waals surface area contributed by atoms with Gasteiger partial charge in [-0.2, -0.15) is 0 Å². The number of anilines is 2. The third kappa shape index (κ3) is 4.60. The van der Waals surface area contributed by atoms with Crippen LogP contribution in [0, 0.1) is 0 Å². The van der Waals surface area contributed by atoms with Crippen molar-refractivity contribution in [2.24, 2.45) is 0 Å². The molecule has 8 heteroatoms. The Morgan fingerprint density at radius 3 is 2.66 bits per heavy atom. The minimum Gasteiger partial charge on any atom is -0.354 e. The number of pyridine rings is 1. The number of benzene rings is 1. The lowest BCUT2D eigenvalue weighted by Gasteiger charge is -2.47. The van der Waals surface area contributed by atoms with Gasteiger partial charge in [-0.15, -0.1) is 10.2 Å². The molecule has 0 unspecified atom stereocenters. The zero-order valence-electron chi connectivity index (χ0n) is 16.6. The molecule has 0 spiro atoms. The highest BCUT2D eigenvalue weighted by Gasteiger charge is 2.34. The van der Waals surface area contributed by atoms with Crippen molar-refractivity contribution in [3.05, 3.63) is 65.3 Å². The minimum atomic E-state index is -0.228. The highest BCUT2D eigenvalue weighted by molar-refractivity contribution is 7.13. The number of nitrogens with zero attached hydrogens (tertiary/aromatic N) is 5. The van der Waals surface area contributed by atoms with Crippen molar-refractivity contribution in [2.75, 3.05) is 29.9 Å². The van der Waals surface area contributed by atoms with Crippen molar-refractivity contribution < 1.29 is 4.79 Å². The van der Waals surface area contributed by atoms with E-state index in [4.69, 9.17) is 0 Å². The fourth-order valence-electron chi connectivity index (χ4n) is 3.59. The van der Waals surface area contributed by atoms with E-state index in [1.54, 1.807) is 11.7 Å². The summed E-state index contributed by atoms with van der Waals surface area (Å²) >= 11 is 1.28. The summed E-state index contributed by atoms with van der Waals surface area (Å²) in [6, 6.07) is 14.3. The zero-order chi connectivity index (χ0) is 20.3. The standard InChI is InChI=1S/C21H24N6OS/c1-21(2)14-26(10-11-27(21)13-16-6-4-3-5-7-16)18-9-8-17(12-22-18)19(28)24-20-25-23-15-29-20/h3-9,12,15H,10-11,13-14H2,1-2H3,(H,24,25,28). The first-order valence-electron chi connectivity index (χ1n) is 9.59. The van der Waals surface area contributed by atoms with Crippen LogP contribution in [0.25, 0.3) is 0 Å². The minimum absolute atomic E-state index is 0.0175. The normalized spacial score (nSPS) is 16.6. The van der Waals surface area contributed by atoms with E-state index in [1.807, 2.05) is 12.1 Å². The van der Waals surface area contributed by atoms with E-state index in [2.05, 4.69) is 74.5 Å². The Labute approximate surface area is 174 Å². The van der Waals surface area contributed by atoms with Gasteiger partial charge in [-0.1, -0.05) is 41.7 Å². The molecule has 150 valence electrons. The van der Waals surface area contributed by atoms with Gasteiger partial charge < -0.3 is 4.90 Å². The molecule has 2 aromatic heterocycles. The van der Waals surface area contributed by atoms with E-state index in [-0.39, 0.29) is 11.4 Å². The Morgan fingerprint density at radius 1 is 1.17 bits per heavy atom. The van der Waals surface area contributed by atoms with Crippen LogP contribution in [0.1, 0.15) is 29.8 Å². The molecule has 7 nitrogen and oxygen atoms in total. The molecule has 0 radical (unpaired) electrons. The first-order chi connectivity index (χ1) is 14.0. The molecule has 29 heavy (non-hydrogen) atoms. The van der Waals surface area contributed by atoms with Crippen LogP contribution in [0.15, 0.2) is 54.2 Å². The van der Waals surface area contributed by atoms with Gasteiger partial charge in [0.05, 0.1) is 5.56 Å². The number of amides is 1. The second-order valence-corrected chi connectivity index (χ2v) is 8.58. The molecule has 3 heterocycles. The van der Waals surface area contributed by atoms with Crippen molar-refractivity contribution in [1.29, 1.82) is 0 Å². The summed E-state index contributed by atoms with van der Waals surface area (Å²) in [6.07, 6.45) is 1.62. The molecule has 1 aliphatic rings. The molecule has 1 aromatic carbocycles. The topological polar surface area (TPSA) is 74.2 Å². The van der Waals surface area contributed by atoms with Gasteiger partial charge in [0.15, 0.2) is 0 Å². The van der Waals surface area contributed by atoms with Gasteiger partial charge in [-0.3, -0.25) is 15.0 Å². The van der Waals surface area contributed by atoms with E-state index < -0.39 is 0 Å². The summed E-state index contributed by atoms with van der Waals surface area (Å²) < 4.78 is 0. The summed E-state index contributed by atoms with van der Waals surface area (Å²) in [5.74, 6) is 0.665. The molecule has 1 saturated heterocycles. The Bertz CT molecular complexity index is 943. The molecule has 1 aliphatic heterocycles. The number of rotatable bonds is 5. The number of piperazine rings is 1. The van der Waals surface area contributed by atoms with Gasteiger partial charge in [-0.05, 0) is 31.5 Å². The average Bonchev–Trinajstić information content (AvgIpc) is 3.23. The highest BCUT2D eigenvalue weighted by Crippen LogP contribution is 2.26. The summed E-state index contributed by atoms with van der Waals surface area (Å²) in [6.45, 7) is 8.23. The van der Waals surface area contributed by atoms with E-state index in [0.29, 0.717) is 10.7 Å². The Morgan fingerprint density at radius 2 is 2.00 bits per heavy atom. The van der Waals surface area contributed by atoms with Crippen molar-refractivity contribution in [3.8, 4) is 0 Å². The monoisotopic (exact) mass is 408 g/mol. The van der Waals surface area contributed by atoms with Gasteiger partial charge in [0.25, 0.3) is 5.91 Å². The van der Waals surface area contributed by atoms with E-state index >= 15 is 0 Å². The summed E-state index contributed by atoms with van der Waals surface area (Å²) in [4.78, 5) is 21.6. The Kier molecular flexibility index (Phi) is 5.55. The first-order valence-corrected chi connectivity index (χ1v) is 10.5. The quantitative estimate of drug-likeness (QED) is 0.698. The first kappa shape index (κ1) is 19.5. The van der Waals surface area contributed by atoms with E-state index in [1.165, 1.54) is 16.9 Å². The van der Waals surface area contributed by atoms with Crippen LogP contribution in [0.5, 0.6) is 0 Å². The van der Waals surface area contributed by atoms with Crippen molar-refractivity contribution >= 4 is 28.2 Å². The lowest BCUT2D eigenvalue weighted by molar-refractivity contribution is 0.0959. The van der Waals surface area contributed by atoms with Gasteiger partial charge in [0.2, 0.25) is 5.13 Å². The van der Waals surface area contributed by atoms with Crippen LogP contribution < -0.4 is 10.2 Å². The fraction of sp³-hybridized carbons (Fsp3) is 0.333. The predicted molar refractivity (Wildman–Crippen MR) is 115 cm³/mol. The zero-order valence-corrected chi connectivity index (χ0v) is 17.4. The van der Waals surface area contributed by atoms with Crippen LogP contribution in [-0.4, -0.2) is 51.2 Å². The van der Waals surface area contributed by atoms with Gasteiger partial charge in [-0.25, -0.2) is 4.98 Å². The summed E-state index contributed by atoms with van der Waals surface area (Å²) in [5.41, 5.74) is 3.43. The third-order valence-electron chi connectivity index (χ3n) is 5.20. The fourth-order valence-corrected chi connectivity index (χ4v) is 4.03. The van der Waals surface area contributed by atoms with E-state index in [9.17, 15) is 4.79 Å². The lowest BCUT2D eigenvalue weighted by Crippen LogP contribution is -2.59. The number of aromatic nitrogens is 3. The molecule has 0 aliphatic carbocycles. The van der Waals surface area contributed by atoms with Crippen molar-refractivity contribution in [3.63, 3.8) is 0 Å². The maximum atomic E-state index is 12.3. The molecule has 1 amide bonds. The second kappa shape index (κ2) is 8.26. The number of hydrogen-bond acceptors (Lipinski definition) is 7. The molecule has 0 atom stereocenters. The number of carbonyl (C=O) groups excluding carboxylic acids is 1. The Balaban J connectivity index is 1.40. The smallest absolute Gasteiger partial charge is 0.259 e. The number of carbonyl (C=O) groups is 1. The average molecular weight is 409 g/mol. The van der Waals surface area contributed by atoms with Gasteiger partial charge in [0.1, 0.15) is 11.3 Å². The van der Waals surface area contributed by atoms with Crippen molar-refractivity contribution in [2.45, 2.75) is 25.9 Å². The highest BCUT2D eigenvalue weighted by atomic mass is 32.1. The summed E-state index contributed by atoms with van der Waals surface area (Å²) in [5, 5.41) is 10.8. The molecule has 1 N–H and O–H groups in total. The predicted octanol–water partition coefficient (Wildman–Crippen LogP) is 3.29. The van der Waals surface area contributed by atoms with Crippen LogP contribution in [-0.2, 0) is 6.54 Å². The number of hydrogen-bond donors (Lipinski definition) is 1. The number of nitrogens with one attached hydrogen (secondary N) is 1. The largest absolute Gasteiger partial charge is 0.354 e. The molecular weight excluding hydrogens is 384 g/mol. The molecule has 3 aromatic rings. The second-order valence-electron chi connectivity index (χ2n) is 7.74. The molecule has 0 saturated carbocycles. The maximum Gasteiger partial charge on any atom is 0.259 e. The van der Waals surface area contributed by atoms with Crippen LogP contribution in [0.4, 0.5) is 10.9 Å². The van der Waals surface area contributed by atoms with Crippen LogP contribution >= 0.6 is 11.3 Å². The lowest BCUT2D eigenvalue weighted by atomic mass is 9.97. The molecular formula is C21H24N6OS. The maximum absolute atomic E-state index is 12.3. The molecule has 4 rings (SSSR count). The van der Waals surface area contributed by atoms with Crippen LogP contribution in [0.2, 0.25) is 0 Å². The Hall–Kier alpha value is -2.84. The van der Waals surface area contributed by atoms with E-state index in [0.717, 1.165) is 32.0 Å². The van der Waals surface area contributed by atoms with Crippen molar-refractivity contribution in [1.82, 2.24) is 20.1 Å². The summed E-state index contributed by atoms with van der Waals surface area (Å²) in [7, 11) is 0. The molecule has 1 fully saturated rings. The third-order valence-corrected chi connectivity index (χ3v) is 5.81. The SMILES string of the molecule is CC1(C)CN(c2ccc(C(=O)Nc3nncs3)cn2)CCN1Cc1ccccc1.